The van der Waals surface area contributed by atoms with Crippen molar-refractivity contribution in [1.29, 1.82) is 5.26 Å². The third-order valence-electron chi connectivity index (χ3n) is 8.54. The van der Waals surface area contributed by atoms with Gasteiger partial charge in [-0.2, -0.15) is 5.26 Å². The van der Waals surface area contributed by atoms with Gasteiger partial charge in [0.25, 0.3) is 0 Å². The van der Waals surface area contributed by atoms with Crippen molar-refractivity contribution >= 4 is 28.7 Å². The van der Waals surface area contributed by atoms with Crippen LogP contribution in [0.4, 0.5) is 10.1 Å². The van der Waals surface area contributed by atoms with Gasteiger partial charge >= 0.3 is 0 Å². The average Bonchev–Trinajstić information content (AvgIpc) is 2.94. The number of likely N-dealkylation sites (tertiary alicyclic amines) is 1. The molecule has 1 aromatic heterocycles. The van der Waals surface area contributed by atoms with E-state index >= 15 is 0 Å². The Morgan fingerprint density at radius 1 is 1.18 bits per heavy atom. The fraction of sp³-hybridized carbons (Fsp3) is 0.500. The number of anilines is 1. The molecule has 3 aliphatic rings. The molecule has 2 saturated carbocycles. The van der Waals surface area contributed by atoms with Gasteiger partial charge in [-0.15, -0.1) is 0 Å². The second kappa shape index (κ2) is 11.4. The van der Waals surface area contributed by atoms with Crippen LogP contribution >= 0.6 is 12.1 Å². The topological polar surface area (TPSA) is 86.5 Å². The molecule has 0 bridgehead atoms. The normalized spacial score (nSPS) is 19.3. The van der Waals surface area contributed by atoms with Crippen LogP contribution in [0.2, 0.25) is 0 Å². The summed E-state index contributed by atoms with van der Waals surface area (Å²) in [6, 6.07) is 11.0. The van der Waals surface area contributed by atoms with Gasteiger partial charge in [0.15, 0.2) is 11.6 Å². The number of rotatable bonds is 9. The third kappa shape index (κ3) is 5.42. The maximum atomic E-state index is 14.9. The zero-order chi connectivity index (χ0) is 27.7. The van der Waals surface area contributed by atoms with Gasteiger partial charge in [0, 0.05) is 43.2 Å². The van der Waals surface area contributed by atoms with Crippen molar-refractivity contribution in [3.63, 3.8) is 0 Å². The number of benzene rings is 2. The van der Waals surface area contributed by atoms with Crippen molar-refractivity contribution in [3.05, 3.63) is 48.0 Å². The smallest absolute Gasteiger partial charge is 0.224 e. The van der Waals surface area contributed by atoms with E-state index in [9.17, 15) is 9.65 Å². The molecule has 10 heteroatoms. The maximum Gasteiger partial charge on any atom is 0.224 e. The van der Waals surface area contributed by atoms with Crippen LogP contribution in [0.1, 0.15) is 57.4 Å². The lowest BCUT2D eigenvalue weighted by atomic mass is 9.61. The maximum absolute atomic E-state index is 14.9. The van der Waals surface area contributed by atoms with Gasteiger partial charge in [0.05, 0.1) is 16.6 Å². The molecule has 3 fully saturated rings. The molecule has 2 heterocycles. The lowest BCUT2D eigenvalue weighted by molar-refractivity contribution is -0.137. The molecule has 1 saturated heterocycles. The molecule has 0 atom stereocenters. The van der Waals surface area contributed by atoms with Gasteiger partial charge in [0.2, 0.25) is 5.88 Å². The molecule has 2 aliphatic carbocycles. The van der Waals surface area contributed by atoms with Gasteiger partial charge in [-0.05, 0) is 63.1 Å². The summed E-state index contributed by atoms with van der Waals surface area (Å²) in [5, 5.41) is 10.5. The van der Waals surface area contributed by atoms with E-state index in [4.69, 9.17) is 9.47 Å². The number of nitrogens with zero attached hydrogens (tertiary/aromatic N) is 5. The van der Waals surface area contributed by atoms with Crippen molar-refractivity contribution in [1.82, 2.24) is 19.2 Å². The Balaban J connectivity index is 1.15. The summed E-state index contributed by atoms with van der Waals surface area (Å²) >= 11 is 1.33. The van der Waals surface area contributed by atoms with E-state index in [0.29, 0.717) is 33.6 Å². The first-order valence-electron chi connectivity index (χ1n) is 14.2. The molecular formula is C30H35FN6O2S. The Morgan fingerprint density at radius 2 is 1.98 bits per heavy atom. The van der Waals surface area contributed by atoms with Gasteiger partial charge in [-0.3, -0.25) is 4.90 Å². The number of halogens is 1. The largest absolute Gasteiger partial charge is 0.474 e. The van der Waals surface area contributed by atoms with E-state index in [1.165, 1.54) is 69.7 Å². The lowest BCUT2D eigenvalue weighted by Crippen LogP contribution is -2.66. The monoisotopic (exact) mass is 562 g/mol. The summed E-state index contributed by atoms with van der Waals surface area (Å²) in [6.07, 6.45) is 10.5. The van der Waals surface area contributed by atoms with E-state index in [1.807, 2.05) is 18.3 Å². The average molecular weight is 563 g/mol. The van der Waals surface area contributed by atoms with Crippen molar-refractivity contribution in [2.75, 3.05) is 31.4 Å². The predicted molar refractivity (Wildman–Crippen MR) is 155 cm³/mol. The molecule has 1 spiro atoms. The van der Waals surface area contributed by atoms with Crippen LogP contribution in [0, 0.1) is 22.6 Å². The Morgan fingerprint density at radius 3 is 2.73 bits per heavy atom. The van der Waals surface area contributed by atoms with Gasteiger partial charge in [-0.25, -0.2) is 18.7 Å². The summed E-state index contributed by atoms with van der Waals surface area (Å²) in [6.45, 7) is 5.19. The summed E-state index contributed by atoms with van der Waals surface area (Å²) < 4.78 is 32.3. The predicted octanol–water partition coefficient (Wildman–Crippen LogP) is 6.54. The van der Waals surface area contributed by atoms with Crippen molar-refractivity contribution < 1.29 is 13.9 Å². The SMILES string of the molecule is CCN(C)SNc1ccc(F)c(Oc2ccc3ncnc(OC4CC5(C4)CN(C4CCCCC4)C5)c3c2)c1C#N. The Kier molecular flexibility index (Phi) is 7.71. The minimum atomic E-state index is -0.612. The van der Waals surface area contributed by atoms with E-state index in [0.717, 1.165) is 25.4 Å². The van der Waals surface area contributed by atoms with Gasteiger partial charge in [0.1, 0.15) is 29.8 Å². The molecule has 0 radical (unpaired) electrons. The highest BCUT2D eigenvalue weighted by molar-refractivity contribution is 7.98. The standard InChI is InChI=1S/C30H35FN6O2S/c1-3-36(2)40-35-27-12-10-25(31)28(24(27)16-32)38-21-9-11-26-23(13-21)29(34-19-33-26)39-22-14-30(15-22)17-37(18-30)20-7-5-4-6-8-20/h9-13,19-20,22,35H,3-8,14-15,17-18H2,1-2H3. The van der Waals surface area contributed by atoms with Crippen LogP contribution in [0.15, 0.2) is 36.7 Å². The van der Waals surface area contributed by atoms with Gasteiger partial charge < -0.3 is 14.2 Å². The molecule has 2 aromatic carbocycles. The number of hydrogen-bond donors (Lipinski definition) is 1. The van der Waals surface area contributed by atoms with Crippen LogP contribution in [-0.4, -0.2) is 58.0 Å². The summed E-state index contributed by atoms with van der Waals surface area (Å²) in [5.74, 6) is 0.151. The second-order valence-electron chi connectivity index (χ2n) is 11.4. The van der Waals surface area contributed by atoms with Crippen molar-refractivity contribution in [2.45, 2.75) is 64.0 Å². The molecule has 6 rings (SSSR count). The first-order chi connectivity index (χ1) is 19.5. The van der Waals surface area contributed by atoms with Crippen LogP contribution in [0.3, 0.4) is 0 Å². The second-order valence-corrected chi connectivity index (χ2v) is 12.4. The molecular weight excluding hydrogens is 527 g/mol. The van der Waals surface area contributed by atoms with Crippen LogP contribution < -0.4 is 14.2 Å². The van der Waals surface area contributed by atoms with Crippen molar-refractivity contribution in [3.8, 4) is 23.4 Å². The summed E-state index contributed by atoms with van der Waals surface area (Å²) in [4.78, 5) is 11.5. The van der Waals surface area contributed by atoms with E-state index < -0.39 is 5.82 Å². The number of ether oxygens (including phenoxy) is 2. The number of nitriles is 1. The summed E-state index contributed by atoms with van der Waals surface area (Å²) in [7, 11) is 1.92. The molecule has 210 valence electrons. The number of aromatic nitrogens is 2. The fourth-order valence-corrected chi connectivity index (χ4v) is 6.81. The first kappa shape index (κ1) is 27.1. The van der Waals surface area contributed by atoms with Crippen molar-refractivity contribution in [2.24, 2.45) is 5.41 Å². The van der Waals surface area contributed by atoms with E-state index in [2.05, 4.69) is 25.7 Å². The number of fused-ring (bicyclic) bond motifs is 1. The summed E-state index contributed by atoms with van der Waals surface area (Å²) in [5.41, 5.74) is 1.69. The van der Waals surface area contributed by atoms with Crippen LogP contribution in [0.25, 0.3) is 10.9 Å². The molecule has 40 heavy (non-hydrogen) atoms. The Bertz CT molecular complexity index is 1410. The zero-order valence-electron chi connectivity index (χ0n) is 23.0. The molecule has 8 nitrogen and oxygen atoms in total. The van der Waals surface area contributed by atoms with Crippen LogP contribution in [-0.2, 0) is 0 Å². The molecule has 0 unspecified atom stereocenters. The number of nitrogens with one attached hydrogen (secondary N) is 1. The lowest BCUT2D eigenvalue weighted by Gasteiger charge is -2.61. The minimum Gasteiger partial charge on any atom is -0.474 e. The first-order valence-corrected chi connectivity index (χ1v) is 14.9. The molecule has 1 N–H and O–H groups in total. The zero-order valence-corrected chi connectivity index (χ0v) is 23.8. The number of hydrogen-bond acceptors (Lipinski definition) is 9. The highest BCUT2D eigenvalue weighted by Gasteiger charge is 2.54. The quantitative estimate of drug-likeness (QED) is 0.292. The molecule has 3 aromatic rings. The van der Waals surface area contributed by atoms with E-state index in [-0.39, 0.29) is 17.4 Å². The van der Waals surface area contributed by atoms with Gasteiger partial charge in [-0.1, -0.05) is 26.2 Å². The Labute approximate surface area is 239 Å². The Hall–Kier alpha value is -3.13. The minimum absolute atomic E-state index is 0.0976. The highest BCUT2D eigenvalue weighted by atomic mass is 32.2. The van der Waals surface area contributed by atoms with E-state index in [1.54, 1.807) is 24.3 Å². The van der Waals surface area contributed by atoms with Crippen LogP contribution in [0.5, 0.6) is 17.4 Å². The third-order valence-corrected chi connectivity index (χ3v) is 9.42. The molecule has 1 aliphatic heterocycles. The highest BCUT2D eigenvalue weighted by Crippen LogP contribution is 2.51. The fourth-order valence-electron chi connectivity index (χ4n) is 6.26. The molecule has 0 amide bonds.